The molecule has 0 fully saturated rings. The molecule has 0 saturated carbocycles. The summed E-state index contributed by atoms with van der Waals surface area (Å²) in [6.07, 6.45) is 4.20. The Bertz CT molecular complexity index is 118. The number of nitrogens with zero attached hydrogens (tertiary/aromatic N) is 2. The fourth-order valence-corrected chi connectivity index (χ4v) is 0.794. The molecule has 1 heterocycles. The molecule has 1 aliphatic rings. The number of hydrogen-bond donors (Lipinski definition) is 2. The predicted molar refractivity (Wildman–Crippen MR) is 40.5 cm³/mol. The number of rotatable bonds is 1. The van der Waals surface area contributed by atoms with E-state index in [9.17, 15) is 0 Å². The van der Waals surface area contributed by atoms with Crippen LogP contribution in [-0.2, 0) is 5.04 Å². The van der Waals surface area contributed by atoms with E-state index in [2.05, 4.69) is 41.2 Å². The zero-order valence-corrected chi connectivity index (χ0v) is 6.77. The van der Waals surface area contributed by atoms with Crippen molar-refractivity contribution in [3.05, 3.63) is 12.4 Å². The van der Waals surface area contributed by atoms with Crippen LogP contribution in [0, 0.1) is 0 Å². The third-order valence-electron chi connectivity index (χ3n) is 1.34. The van der Waals surface area contributed by atoms with Gasteiger partial charge in [-0.05, 0) is 6.92 Å². The molecule has 0 radical (unpaired) electrons. The van der Waals surface area contributed by atoms with Crippen molar-refractivity contribution in [1.29, 1.82) is 0 Å². The summed E-state index contributed by atoms with van der Waals surface area (Å²) in [6, 6.07) is 0. The van der Waals surface area contributed by atoms with E-state index in [-0.39, 0.29) is 0 Å². The maximum Gasteiger partial charge on any atom is 0.0890 e. The summed E-state index contributed by atoms with van der Waals surface area (Å²) in [6.45, 7) is 4.32. The molecule has 1 rings (SSSR count). The Hall–Kier alpha value is -0.780. The zero-order chi connectivity index (χ0) is 8.69. The second-order valence-corrected chi connectivity index (χ2v) is 2.18. The van der Waals surface area contributed by atoms with Gasteiger partial charge in [-0.1, -0.05) is 5.04 Å². The van der Waals surface area contributed by atoms with Gasteiger partial charge in [0.15, 0.2) is 0 Å². The highest BCUT2D eigenvalue weighted by molar-refractivity contribution is 4.87. The summed E-state index contributed by atoms with van der Waals surface area (Å²) in [5.74, 6) is 0. The molecule has 66 valence electrons. The zero-order valence-electron chi connectivity index (χ0n) is 6.77. The average molecular weight is 162 g/mol. The van der Waals surface area contributed by atoms with E-state index in [1.807, 2.05) is 0 Å². The van der Waals surface area contributed by atoms with Gasteiger partial charge in [-0.3, -0.25) is 0 Å². The highest BCUT2D eigenvalue weighted by Gasteiger charge is 2.03. The van der Waals surface area contributed by atoms with Crippen LogP contribution in [0.3, 0.4) is 0 Å². The van der Waals surface area contributed by atoms with Gasteiger partial charge in [0, 0.05) is 26.0 Å². The maximum absolute atomic E-state index is 6.62. The molecule has 0 unspecified atom stereocenters. The Morgan fingerprint density at radius 3 is 2.18 bits per heavy atom. The van der Waals surface area contributed by atoms with Crippen LogP contribution in [0.2, 0.25) is 0 Å². The molecule has 0 aromatic rings. The first-order valence-corrected chi connectivity index (χ1v) is 3.32. The van der Waals surface area contributed by atoms with Crippen molar-refractivity contribution < 1.29 is 15.6 Å². The van der Waals surface area contributed by atoms with E-state index < -0.39 is 0 Å². The Labute approximate surface area is 66.0 Å². The van der Waals surface area contributed by atoms with Gasteiger partial charge in [0.1, 0.15) is 0 Å². The first-order chi connectivity index (χ1) is 5.24. The Balaban J connectivity index is 0.000000292. The molecule has 0 saturated heterocycles. The molecule has 0 aliphatic carbocycles. The quantitative estimate of drug-likeness (QED) is 0.437. The van der Waals surface area contributed by atoms with Crippen LogP contribution in [0.4, 0.5) is 0 Å². The lowest BCUT2D eigenvalue weighted by molar-refractivity contribution is -0.465. The fourth-order valence-electron chi connectivity index (χ4n) is 0.794. The van der Waals surface area contributed by atoms with E-state index in [1.54, 1.807) is 0 Å². The normalized spacial score (nSPS) is 14.9. The summed E-state index contributed by atoms with van der Waals surface area (Å²) in [5.41, 5.74) is 0. The lowest BCUT2D eigenvalue weighted by atomic mass is 10.6. The van der Waals surface area contributed by atoms with Crippen LogP contribution in [-0.4, -0.2) is 40.6 Å². The van der Waals surface area contributed by atoms with E-state index in [1.165, 1.54) is 0 Å². The average Bonchev–Trinajstić information content (AvgIpc) is 2.37. The Morgan fingerprint density at radius 2 is 2.00 bits per heavy atom. The highest BCUT2D eigenvalue weighted by atomic mass is 17.4. The fraction of sp³-hybridized carbons (Fsp3) is 0.667. The molecular formula is C6H14N2O3. The van der Waals surface area contributed by atoms with Crippen molar-refractivity contribution in [2.75, 3.05) is 20.3 Å². The molecule has 0 bridgehead atoms. The molecule has 0 amide bonds. The third-order valence-corrected chi connectivity index (χ3v) is 1.34. The standard InChI is InChI=1S/C6H12N2.H2O3/c1-3-8-5-4-7(2)6-8;1-3-2/h4-5H,3,6H2,1-2H3;1-2H. The van der Waals surface area contributed by atoms with E-state index in [4.69, 9.17) is 10.5 Å². The third kappa shape index (κ3) is 4.60. The summed E-state index contributed by atoms with van der Waals surface area (Å²) < 4.78 is 0. The Morgan fingerprint density at radius 1 is 1.45 bits per heavy atom. The van der Waals surface area contributed by atoms with Gasteiger partial charge >= 0.3 is 0 Å². The van der Waals surface area contributed by atoms with Gasteiger partial charge < -0.3 is 9.80 Å². The molecule has 0 aromatic carbocycles. The van der Waals surface area contributed by atoms with Gasteiger partial charge in [0.2, 0.25) is 0 Å². The van der Waals surface area contributed by atoms with Crippen LogP contribution >= 0.6 is 0 Å². The number of hydrogen-bond acceptors (Lipinski definition) is 5. The van der Waals surface area contributed by atoms with Gasteiger partial charge in [0.25, 0.3) is 0 Å². The first-order valence-electron chi connectivity index (χ1n) is 3.32. The summed E-state index contributed by atoms with van der Waals surface area (Å²) in [7, 11) is 2.08. The van der Waals surface area contributed by atoms with Crippen molar-refractivity contribution in [3.63, 3.8) is 0 Å². The van der Waals surface area contributed by atoms with Crippen molar-refractivity contribution in [2.24, 2.45) is 0 Å². The molecule has 1 aliphatic heterocycles. The second-order valence-electron chi connectivity index (χ2n) is 2.18. The molecular weight excluding hydrogens is 148 g/mol. The highest BCUT2D eigenvalue weighted by Crippen LogP contribution is 2.00. The topological polar surface area (TPSA) is 56.2 Å². The molecule has 2 N–H and O–H groups in total. The van der Waals surface area contributed by atoms with E-state index in [0.29, 0.717) is 0 Å². The smallest absolute Gasteiger partial charge is 0.0890 e. The van der Waals surface area contributed by atoms with Crippen LogP contribution in [0.5, 0.6) is 0 Å². The molecule has 0 spiro atoms. The van der Waals surface area contributed by atoms with Crippen molar-refractivity contribution in [3.8, 4) is 0 Å². The predicted octanol–water partition coefficient (Wildman–Crippen LogP) is 0.631. The lowest BCUT2D eigenvalue weighted by Crippen LogP contribution is -2.21. The summed E-state index contributed by atoms with van der Waals surface area (Å²) in [4.78, 5) is 4.41. The minimum Gasteiger partial charge on any atom is -0.362 e. The first kappa shape index (κ1) is 10.2. The molecule has 5 heteroatoms. The van der Waals surface area contributed by atoms with Crippen molar-refractivity contribution in [1.82, 2.24) is 9.80 Å². The summed E-state index contributed by atoms with van der Waals surface area (Å²) >= 11 is 0. The van der Waals surface area contributed by atoms with Crippen LogP contribution in [0.15, 0.2) is 12.4 Å². The van der Waals surface area contributed by atoms with Crippen LogP contribution < -0.4 is 0 Å². The van der Waals surface area contributed by atoms with E-state index >= 15 is 0 Å². The molecule has 5 nitrogen and oxygen atoms in total. The largest absolute Gasteiger partial charge is 0.362 e. The summed E-state index contributed by atoms with van der Waals surface area (Å²) in [5, 5.41) is 15.5. The monoisotopic (exact) mass is 162 g/mol. The minimum absolute atomic E-state index is 1.05. The van der Waals surface area contributed by atoms with Crippen LogP contribution in [0.1, 0.15) is 6.92 Å². The van der Waals surface area contributed by atoms with Gasteiger partial charge in [-0.15, -0.1) is 0 Å². The van der Waals surface area contributed by atoms with Crippen molar-refractivity contribution >= 4 is 0 Å². The van der Waals surface area contributed by atoms with Crippen LogP contribution in [0.25, 0.3) is 0 Å². The second kappa shape index (κ2) is 5.96. The SMILES string of the molecule is CCN1C=CN(C)C1.OOO. The van der Waals surface area contributed by atoms with Gasteiger partial charge in [0.05, 0.1) is 6.67 Å². The maximum atomic E-state index is 6.62. The molecule has 0 atom stereocenters. The minimum atomic E-state index is 1.05. The Kier molecular flexibility index (Phi) is 5.54. The van der Waals surface area contributed by atoms with E-state index in [0.717, 1.165) is 13.2 Å². The van der Waals surface area contributed by atoms with Crippen molar-refractivity contribution in [2.45, 2.75) is 6.92 Å². The molecule has 0 aromatic heterocycles. The lowest BCUT2D eigenvalue weighted by Gasteiger charge is -2.14. The van der Waals surface area contributed by atoms with Gasteiger partial charge in [-0.25, -0.2) is 10.5 Å². The van der Waals surface area contributed by atoms with Gasteiger partial charge in [-0.2, -0.15) is 0 Å². The molecule has 11 heavy (non-hydrogen) atoms.